The summed E-state index contributed by atoms with van der Waals surface area (Å²) in [5.41, 5.74) is 5.83. The van der Waals surface area contributed by atoms with E-state index in [0.29, 0.717) is 0 Å². The molecule has 0 aliphatic heterocycles. The zero-order chi connectivity index (χ0) is 16.1. The molecule has 0 saturated carbocycles. The van der Waals surface area contributed by atoms with E-state index in [0.717, 1.165) is 17.5 Å². The van der Waals surface area contributed by atoms with Crippen LogP contribution in [0.25, 0.3) is 11.1 Å². The Morgan fingerprint density at radius 3 is 1.65 bits per heavy atom. The molecule has 0 bridgehead atoms. The number of allylic oxidation sites excluding steroid dienone is 1. The van der Waals surface area contributed by atoms with Crippen molar-refractivity contribution in [3.8, 4) is 0 Å². The van der Waals surface area contributed by atoms with Crippen LogP contribution in [0.5, 0.6) is 0 Å². The molecule has 0 amide bonds. The highest BCUT2D eigenvalue weighted by Crippen LogP contribution is 2.34. The van der Waals surface area contributed by atoms with Crippen LogP contribution in [0.15, 0.2) is 84.9 Å². The van der Waals surface area contributed by atoms with Crippen LogP contribution in [0.4, 0.5) is 4.39 Å². The maximum absolute atomic E-state index is 13.3. The molecule has 3 rings (SSSR count). The fraction of sp³-hybridized carbons (Fsp3) is 0.0909. The van der Waals surface area contributed by atoms with Crippen molar-refractivity contribution in [3.63, 3.8) is 0 Å². The molecule has 114 valence electrons. The molecule has 0 atom stereocenters. The molecule has 0 N–H and O–H groups in total. The van der Waals surface area contributed by atoms with Gasteiger partial charge in [0.1, 0.15) is 5.82 Å². The van der Waals surface area contributed by atoms with Gasteiger partial charge in [-0.2, -0.15) is 0 Å². The van der Waals surface area contributed by atoms with Crippen molar-refractivity contribution in [2.24, 2.45) is 0 Å². The normalized spacial score (nSPS) is 11.9. The minimum Gasteiger partial charge on any atom is -0.207 e. The van der Waals surface area contributed by atoms with Gasteiger partial charge < -0.3 is 0 Å². The molecule has 0 aliphatic carbocycles. The van der Waals surface area contributed by atoms with E-state index < -0.39 is 0 Å². The predicted molar refractivity (Wildman–Crippen MR) is 95.5 cm³/mol. The first kappa shape index (κ1) is 15.2. The third kappa shape index (κ3) is 3.40. The summed E-state index contributed by atoms with van der Waals surface area (Å²) in [7, 11) is 0. The molecule has 0 aromatic heterocycles. The van der Waals surface area contributed by atoms with E-state index in [-0.39, 0.29) is 5.82 Å². The molecular weight excluding hydrogens is 283 g/mol. The Hall–Kier alpha value is -2.67. The smallest absolute Gasteiger partial charge is 0.123 e. The first-order valence-electron chi connectivity index (χ1n) is 7.89. The lowest BCUT2D eigenvalue weighted by molar-refractivity contribution is 0.627. The topological polar surface area (TPSA) is 0 Å². The molecule has 0 unspecified atom stereocenters. The van der Waals surface area contributed by atoms with Gasteiger partial charge in [0, 0.05) is 0 Å². The number of hydrogen-bond donors (Lipinski definition) is 0. The van der Waals surface area contributed by atoms with E-state index in [2.05, 4.69) is 43.3 Å². The summed E-state index contributed by atoms with van der Waals surface area (Å²) in [4.78, 5) is 0. The zero-order valence-electron chi connectivity index (χ0n) is 13.2. The maximum atomic E-state index is 13.3. The van der Waals surface area contributed by atoms with E-state index in [1.54, 1.807) is 0 Å². The summed E-state index contributed by atoms with van der Waals surface area (Å²) >= 11 is 0. The predicted octanol–water partition coefficient (Wildman–Crippen LogP) is 6.19. The van der Waals surface area contributed by atoms with Gasteiger partial charge in [0.15, 0.2) is 0 Å². The summed E-state index contributed by atoms with van der Waals surface area (Å²) in [6.45, 7) is 2.16. The molecule has 0 radical (unpaired) electrons. The van der Waals surface area contributed by atoms with Crippen LogP contribution >= 0.6 is 0 Å². The van der Waals surface area contributed by atoms with Gasteiger partial charge in [-0.15, -0.1) is 0 Å². The van der Waals surface area contributed by atoms with Gasteiger partial charge in [0.05, 0.1) is 0 Å². The van der Waals surface area contributed by atoms with E-state index in [1.165, 1.54) is 28.8 Å². The highest BCUT2D eigenvalue weighted by Gasteiger charge is 2.12. The Kier molecular flexibility index (Phi) is 4.68. The van der Waals surface area contributed by atoms with E-state index in [1.807, 2.05) is 36.4 Å². The van der Waals surface area contributed by atoms with Gasteiger partial charge in [-0.25, -0.2) is 4.39 Å². The lowest BCUT2D eigenvalue weighted by Crippen LogP contribution is -1.95. The summed E-state index contributed by atoms with van der Waals surface area (Å²) < 4.78 is 13.3. The van der Waals surface area contributed by atoms with Gasteiger partial charge in [-0.3, -0.25) is 0 Å². The van der Waals surface area contributed by atoms with Gasteiger partial charge in [0.2, 0.25) is 0 Å². The quantitative estimate of drug-likeness (QED) is 0.504. The van der Waals surface area contributed by atoms with Crippen LogP contribution in [0.3, 0.4) is 0 Å². The second kappa shape index (κ2) is 7.06. The summed E-state index contributed by atoms with van der Waals surface area (Å²) in [5.74, 6) is -0.209. The minimum atomic E-state index is -0.209. The molecule has 3 aromatic carbocycles. The Bertz CT molecular complexity index is 784. The van der Waals surface area contributed by atoms with Gasteiger partial charge >= 0.3 is 0 Å². The maximum Gasteiger partial charge on any atom is 0.123 e. The van der Waals surface area contributed by atoms with Crippen LogP contribution in [-0.2, 0) is 0 Å². The molecule has 23 heavy (non-hydrogen) atoms. The largest absolute Gasteiger partial charge is 0.207 e. The van der Waals surface area contributed by atoms with E-state index in [4.69, 9.17) is 0 Å². The van der Waals surface area contributed by atoms with Gasteiger partial charge in [0.25, 0.3) is 0 Å². The highest BCUT2D eigenvalue weighted by atomic mass is 19.1. The Labute approximate surface area is 136 Å². The summed E-state index contributed by atoms with van der Waals surface area (Å²) in [6.07, 6.45) is 0.908. The molecule has 0 nitrogen and oxygen atoms in total. The van der Waals surface area contributed by atoms with E-state index >= 15 is 0 Å². The lowest BCUT2D eigenvalue weighted by Gasteiger charge is -2.16. The highest BCUT2D eigenvalue weighted by molar-refractivity contribution is 5.98. The molecule has 0 spiro atoms. The number of halogens is 1. The molecule has 0 saturated heterocycles. The second-order valence-corrected chi connectivity index (χ2v) is 5.45. The van der Waals surface area contributed by atoms with E-state index in [9.17, 15) is 4.39 Å². The van der Waals surface area contributed by atoms with Crippen LogP contribution in [-0.4, -0.2) is 0 Å². The second-order valence-electron chi connectivity index (χ2n) is 5.45. The molecule has 3 aromatic rings. The molecule has 0 aliphatic rings. The van der Waals surface area contributed by atoms with Crippen LogP contribution < -0.4 is 0 Å². The first-order valence-corrected chi connectivity index (χ1v) is 7.89. The SMILES string of the molecule is CC/C(=C(/c1ccccc1)c1ccc(F)cc1)c1ccccc1. The number of benzene rings is 3. The van der Waals surface area contributed by atoms with Crippen LogP contribution in [0.2, 0.25) is 0 Å². The monoisotopic (exact) mass is 302 g/mol. The van der Waals surface area contributed by atoms with Crippen molar-refractivity contribution in [3.05, 3.63) is 107 Å². The molecule has 0 fully saturated rings. The summed E-state index contributed by atoms with van der Waals surface area (Å²) in [5, 5.41) is 0. The van der Waals surface area contributed by atoms with Crippen molar-refractivity contribution in [1.82, 2.24) is 0 Å². The average molecular weight is 302 g/mol. The van der Waals surface area contributed by atoms with Crippen molar-refractivity contribution in [2.45, 2.75) is 13.3 Å². The first-order chi connectivity index (χ1) is 11.3. The summed E-state index contributed by atoms with van der Waals surface area (Å²) in [6, 6.07) is 27.5. The van der Waals surface area contributed by atoms with Crippen molar-refractivity contribution in [1.29, 1.82) is 0 Å². The van der Waals surface area contributed by atoms with Crippen LogP contribution in [0.1, 0.15) is 30.0 Å². The van der Waals surface area contributed by atoms with Crippen LogP contribution in [0, 0.1) is 5.82 Å². The van der Waals surface area contributed by atoms with Crippen molar-refractivity contribution in [2.75, 3.05) is 0 Å². The van der Waals surface area contributed by atoms with Crippen molar-refractivity contribution < 1.29 is 4.39 Å². The lowest BCUT2D eigenvalue weighted by atomic mass is 9.88. The molecule has 1 heteroatoms. The van der Waals surface area contributed by atoms with Gasteiger partial charge in [-0.05, 0) is 46.4 Å². The molecule has 0 heterocycles. The van der Waals surface area contributed by atoms with Gasteiger partial charge in [-0.1, -0.05) is 79.7 Å². The fourth-order valence-corrected chi connectivity index (χ4v) is 2.90. The Morgan fingerprint density at radius 2 is 1.13 bits per heavy atom. The minimum absolute atomic E-state index is 0.209. The third-order valence-corrected chi connectivity index (χ3v) is 3.97. The Morgan fingerprint density at radius 1 is 0.652 bits per heavy atom. The molecular formula is C22H19F. The standard InChI is InChI=1S/C22H19F/c1-2-21(17-9-5-3-6-10-17)22(18-11-7-4-8-12-18)19-13-15-20(23)16-14-19/h3-16H,2H2,1H3/b22-21+. The third-order valence-electron chi connectivity index (χ3n) is 3.97. The van der Waals surface area contributed by atoms with Crippen molar-refractivity contribution >= 4 is 11.1 Å². The Balaban J connectivity index is 2.26. The zero-order valence-corrected chi connectivity index (χ0v) is 13.2. The average Bonchev–Trinajstić information content (AvgIpc) is 2.62. The number of hydrogen-bond acceptors (Lipinski definition) is 0. The number of rotatable bonds is 4. The fourth-order valence-electron chi connectivity index (χ4n) is 2.90.